The van der Waals surface area contributed by atoms with Gasteiger partial charge in [-0.15, -0.1) is 0 Å². The average Bonchev–Trinajstić information content (AvgIpc) is 2.24. The minimum absolute atomic E-state index is 0.0134. The van der Waals surface area contributed by atoms with Gasteiger partial charge in [-0.2, -0.15) is 0 Å². The van der Waals surface area contributed by atoms with Crippen LogP contribution in [0.3, 0.4) is 0 Å². The van der Waals surface area contributed by atoms with E-state index in [1.165, 1.54) is 32.1 Å². The quantitative estimate of drug-likeness (QED) is 0.678. The summed E-state index contributed by atoms with van der Waals surface area (Å²) in [5, 5.41) is 0. The van der Waals surface area contributed by atoms with Crippen LogP contribution >= 0.6 is 0 Å². The van der Waals surface area contributed by atoms with Crippen LogP contribution in [0.15, 0.2) is 18.2 Å². The molecular weight excluding hydrogens is 187 g/mol. The summed E-state index contributed by atoms with van der Waals surface area (Å²) in [7, 11) is 0. The van der Waals surface area contributed by atoms with Crippen LogP contribution < -0.4 is 0 Å². The van der Waals surface area contributed by atoms with Gasteiger partial charge >= 0.3 is 0 Å². The molecule has 82 valence electrons. The van der Waals surface area contributed by atoms with Crippen molar-refractivity contribution >= 4 is 0 Å². The van der Waals surface area contributed by atoms with Crippen LogP contribution in [0.2, 0.25) is 0 Å². The Morgan fingerprint density at radius 2 is 1.93 bits per heavy atom. The smallest absolute Gasteiger partial charge is 0.126 e. The Labute approximate surface area is 91.5 Å². The van der Waals surface area contributed by atoms with Crippen molar-refractivity contribution in [2.45, 2.75) is 45.4 Å². The van der Waals surface area contributed by atoms with E-state index in [4.69, 9.17) is 0 Å². The highest BCUT2D eigenvalue weighted by atomic mass is 19.1. The Bertz CT molecular complexity index is 324. The van der Waals surface area contributed by atoms with E-state index in [0.717, 1.165) is 23.5 Å². The van der Waals surface area contributed by atoms with Crippen LogP contribution in [0.1, 0.15) is 43.2 Å². The fraction of sp³-hybridized carbons (Fsp3) is 0.571. The molecule has 0 nitrogen and oxygen atoms in total. The van der Waals surface area contributed by atoms with Crippen molar-refractivity contribution in [2.75, 3.05) is 0 Å². The summed E-state index contributed by atoms with van der Waals surface area (Å²) in [6.45, 7) is 1.94. The molecule has 0 atom stereocenters. The van der Waals surface area contributed by atoms with E-state index >= 15 is 0 Å². The molecule has 0 aliphatic heterocycles. The Morgan fingerprint density at radius 3 is 2.60 bits per heavy atom. The minimum Gasteiger partial charge on any atom is -0.207 e. The van der Waals surface area contributed by atoms with Gasteiger partial charge < -0.3 is 0 Å². The first kappa shape index (κ1) is 10.7. The summed E-state index contributed by atoms with van der Waals surface area (Å²) in [6, 6.07) is 5.62. The van der Waals surface area contributed by atoms with E-state index in [1.807, 2.05) is 19.1 Å². The first-order valence-corrected chi connectivity index (χ1v) is 6.01. The lowest BCUT2D eigenvalue weighted by Gasteiger charge is -2.21. The summed E-state index contributed by atoms with van der Waals surface area (Å²) < 4.78 is 13.6. The molecule has 0 radical (unpaired) electrons. The van der Waals surface area contributed by atoms with Gasteiger partial charge in [0.15, 0.2) is 0 Å². The zero-order chi connectivity index (χ0) is 10.7. The van der Waals surface area contributed by atoms with Crippen LogP contribution in [0.25, 0.3) is 0 Å². The molecule has 0 bridgehead atoms. The summed E-state index contributed by atoms with van der Waals surface area (Å²) in [4.78, 5) is 0. The molecule has 1 heteroatoms. The second kappa shape index (κ2) is 4.78. The van der Waals surface area contributed by atoms with Gasteiger partial charge in [0.1, 0.15) is 5.82 Å². The number of benzene rings is 1. The zero-order valence-corrected chi connectivity index (χ0v) is 9.43. The normalized spacial score (nSPS) is 18.0. The Morgan fingerprint density at radius 1 is 1.20 bits per heavy atom. The summed E-state index contributed by atoms with van der Waals surface area (Å²) in [6.07, 6.45) is 7.54. The fourth-order valence-electron chi connectivity index (χ4n) is 2.52. The largest absolute Gasteiger partial charge is 0.207 e. The zero-order valence-electron chi connectivity index (χ0n) is 9.43. The molecule has 1 aliphatic carbocycles. The predicted molar refractivity (Wildman–Crippen MR) is 61.4 cm³/mol. The lowest BCUT2D eigenvalue weighted by molar-refractivity contribution is 0.353. The van der Waals surface area contributed by atoms with E-state index in [1.54, 1.807) is 6.07 Å². The highest BCUT2D eigenvalue weighted by molar-refractivity contribution is 5.23. The van der Waals surface area contributed by atoms with Gasteiger partial charge in [-0.3, -0.25) is 0 Å². The third-order valence-corrected chi connectivity index (χ3v) is 3.44. The molecule has 15 heavy (non-hydrogen) atoms. The van der Waals surface area contributed by atoms with Crippen molar-refractivity contribution in [3.63, 3.8) is 0 Å². The number of rotatable bonds is 2. The molecule has 1 aromatic rings. The van der Waals surface area contributed by atoms with Gasteiger partial charge in [0.2, 0.25) is 0 Å². The van der Waals surface area contributed by atoms with Gasteiger partial charge in [0.25, 0.3) is 0 Å². The van der Waals surface area contributed by atoms with Crippen molar-refractivity contribution in [1.29, 1.82) is 0 Å². The van der Waals surface area contributed by atoms with Gasteiger partial charge in [-0.1, -0.05) is 44.2 Å². The van der Waals surface area contributed by atoms with E-state index in [2.05, 4.69) is 0 Å². The maximum atomic E-state index is 13.6. The highest BCUT2D eigenvalue weighted by Crippen LogP contribution is 2.27. The minimum atomic E-state index is -0.0134. The number of hydrogen-bond donors (Lipinski definition) is 0. The lowest BCUT2D eigenvalue weighted by Crippen LogP contribution is -2.10. The molecule has 0 amide bonds. The van der Waals surface area contributed by atoms with Crippen molar-refractivity contribution in [3.05, 3.63) is 35.1 Å². The summed E-state index contributed by atoms with van der Waals surface area (Å²) >= 11 is 0. The maximum absolute atomic E-state index is 13.6. The van der Waals surface area contributed by atoms with Crippen molar-refractivity contribution in [3.8, 4) is 0 Å². The van der Waals surface area contributed by atoms with Gasteiger partial charge in [0.05, 0.1) is 0 Å². The van der Waals surface area contributed by atoms with E-state index in [-0.39, 0.29) is 5.82 Å². The van der Waals surface area contributed by atoms with Crippen molar-refractivity contribution in [2.24, 2.45) is 5.92 Å². The topological polar surface area (TPSA) is 0 Å². The first-order chi connectivity index (χ1) is 7.25. The molecule has 1 fully saturated rings. The lowest BCUT2D eigenvalue weighted by atomic mass is 9.84. The third-order valence-electron chi connectivity index (χ3n) is 3.44. The Balaban J connectivity index is 2.03. The van der Waals surface area contributed by atoms with Crippen molar-refractivity contribution < 1.29 is 4.39 Å². The van der Waals surface area contributed by atoms with Gasteiger partial charge in [0, 0.05) is 0 Å². The van der Waals surface area contributed by atoms with E-state index in [0.29, 0.717) is 0 Å². The first-order valence-electron chi connectivity index (χ1n) is 6.01. The SMILES string of the molecule is Cc1ccc(CC2CCCCC2)c(F)c1. The molecule has 0 aromatic heterocycles. The maximum Gasteiger partial charge on any atom is 0.126 e. The van der Waals surface area contributed by atoms with E-state index in [9.17, 15) is 4.39 Å². The second-order valence-corrected chi connectivity index (χ2v) is 4.80. The second-order valence-electron chi connectivity index (χ2n) is 4.80. The third kappa shape index (κ3) is 2.80. The molecule has 1 aliphatic rings. The molecule has 2 rings (SSSR count). The monoisotopic (exact) mass is 206 g/mol. The number of hydrogen-bond acceptors (Lipinski definition) is 0. The Kier molecular flexibility index (Phi) is 3.40. The standard InChI is InChI=1S/C14H19F/c1-11-7-8-13(14(15)9-11)10-12-5-3-2-4-6-12/h7-9,12H,2-6,10H2,1H3. The fourth-order valence-corrected chi connectivity index (χ4v) is 2.52. The van der Waals surface area contributed by atoms with Crippen molar-refractivity contribution in [1.82, 2.24) is 0 Å². The van der Waals surface area contributed by atoms with Crippen LogP contribution in [0.4, 0.5) is 4.39 Å². The molecule has 0 spiro atoms. The highest BCUT2D eigenvalue weighted by Gasteiger charge is 2.15. The van der Waals surface area contributed by atoms with Crippen LogP contribution in [0.5, 0.6) is 0 Å². The molecule has 0 heterocycles. The molecule has 0 N–H and O–H groups in total. The molecule has 1 saturated carbocycles. The summed E-state index contributed by atoms with van der Waals surface area (Å²) in [5.41, 5.74) is 1.92. The van der Waals surface area contributed by atoms with Crippen LogP contribution in [0, 0.1) is 18.7 Å². The van der Waals surface area contributed by atoms with Crippen LogP contribution in [-0.2, 0) is 6.42 Å². The molecule has 0 saturated heterocycles. The van der Waals surface area contributed by atoms with Crippen LogP contribution in [-0.4, -0.2) is 0 Å². The van der Waals surface area contributed by atoms with E-state index < -0.39 is 0 Å². The molecule has 1 aromatic carbocycles. The van der Waals surface area contributed by atoms with Gasteiger partial charge in [-0.25, -0.2) is 4.39 Å². The van der Waals surface area contributed by atoms with Gasteiger partial charge in [-0.05, 0) is 36.5 Å². The Hall–Kier alpha value is -0.850. The average molecular weight is 206 g/mol. The number of halogens is 1. The molecule has 0 unspecified atom stereocenters. The summed E-state index contributed by atoms with van der Waals surface area (Å²) in [5.74, 6) is 0.705. The predicted octanol–water partition coefficient (Wildman–Crippen LogP) is 4.26. The molecular formula is C14H19F. The number of aryl methyl sites for hydroxylation is 1.